The van der Waals surface area contributed by atoms with E-state index in [9.17, 15) is 9.50 Å². The van der Waals surface area contributed by atoms with Crippen molar-refractivity contribution in [2.45, 2.75) is 117 Å². The Morgan fingerprint density at radius 1 is 0.692 bits per heavy atom. The van der Waals surface area contributed by atoms with Crippen LogP contribution in [0.25, 0.3) is 0 Å². The van der Waals surface area contributed by atoms with Gasteiger partial charge in [-0.05, 0) is 115 Å². The van der Waals surface area contributed by atoms with E-state index in [2.05, 4.69) is 85.5 Å². The Bertz CT molecular complexity index is 915. The summed E-state index contributed by atoms with van der Waals surface area (Å²) in [5, 5.41) is 9.44. The van der Waals surface area contributed by atoms with Crippen LogP contribution in [0, 0.1) is 5.82 Å². The second-order valence-electron chi connectivity index (χ2n) is 13.3. The Kier molecular flexibility index (Phi) is 14.0. The summed E-state index contributed by atoms with van der Waals surface area (Å²) in [5.74, 6) is -0.910. The minimum Gasteiger partial charge on any atom is -0.505 e. The van der Waals surface area contributed by atoms with Crippen molar-refractivity contribution in [1.29, 1.82) is 0 Å². The summed E-state index contributed by atoms with van der Waals surface area (Å²) in [6.07, 6.45) is 3.08. The van der Waals surface area contributed by atoms with Gasteiger partial charge in [0.2, 0.25) is 0 Å². The molecule has 0 aliphatic rings. The SMILES string of the molecule is CCCC[Si](C)(C)O[Si](C)(C)O[SiH2]O[Si](C)(C)O[Si](C)(C)O[Si](C)(C)O[Si](C)(C)CCc1ccc(O)c(F)c1. The third kappa shape index (κ3) is 15.9. The van der Waals surface area contributed by atoms with Crippen molar-refractivity contribution in [2.75, 3.05) is 0 Å². The summed E-state index contributed by atoms with van der Waals surface area (Å²) in [5.41, 5.74) is 0.854. The van der Waals surface area contributed by atoms with Gasteiger partial charge in [0.1, 0.15) is 0 Å². The van der Waals surface area contributed by atoms with E-state index in [4.69, 9.17) is 24.7 Å². The zero-order valence-corrected chi connectivity index (χ0v) is 34.2. The summed E-state index contributed by atoms with van der Waals surface area (Å²) < 4.78 is 52.7. The highest BCUT2D eigenvalue weighted by molar-refractivity contribution is 6.89. The van der Waals surface area contributed by atoms with E-state index in [1.54, 1.807) is 6.07 Å². The molecule has 0 spiro atoms. The second kappa shape index (κ2) is 14.6. The normalized spacial score (nSPS) is 14.5. The first-order valence-electron chi connectivity index (χ1n) is 14.0. The maximum atomic E-state index is 13.7. The summed E-state index contributed by atoms with van der Waals surface area (Å²) in [4.78, 5) is 0. The maximum absolute atomic E-state index is 13.7. The van der Waals surface area contributed by atoms with Gasteiger partial charge in [-0.1, -0.05) is 25.8 Å². The fourth-order valence-electron chi connectivity index (χ4n) is 4.78. The molecule has 0 saturated heterocycles. The van der Waals surface area contributed by atoms with Gasteiger partial charge >= 0.3 is 34.2 Å². The molecular formula is C24H55FO7Si7. The zero-order valence-electron chi connectivity index (χ0n) is 26.7. The Morgan fingerprint density at radius 2 is 1.15 bits per heavy atom. The van der Waals surface area contributed by atoms with E-state index in [0.717, 1.165) is 17.7 Å². The fraction of sp³-hybridized carbons (Fsp3) is 0.750. The van der Waals surface area contributed by atoms with Gasteiger partial charge in [-0.2, -0.15) is 0 Å². The molecule has 0 amide bonds. The van der Waals surface area contributed by atoms with Gasteiger partial charge in [0, 0.05) is 0 Å². The minimum absolute atomic E-state index is 0.322. The van der Waals surface area contributed by atoms with Gasteiger partial charge in [0.05, 0.1) is 0 Å². The molecule has 39 heavy (non-hydrogen) atoms. The molecular weight excluding hydrogens is 616 g/mol. The lowest BCUT2D eigenvalue weighted by Crippen LogP contribution is -2.57. The number of hydrogen-bond acceptors (Lipinski definition) is 7. The van der Waals surface area contributed by atoms with Crippen LogP contribution in [0.4, 0.5) is 4.39 Å². The predicted molar refractivity (Wildman–Crippen MR) is 176 cm³/mol. The van der Waals surface area contributed by atoms with Crippen molar-refractivity contribution in [1.82, 2.24) is 0 Å². The molecule has 0 aromatic heterocycles. The molecule has 0 aliphatic carbocycles. The first-order valence-corrected chi connectivity index (χ1v) is 32.7. The number of aromatic hydroxyl groups is 1. The highest BCUT2D eigenvalue weighted by atomic mass is 28.5. The van der Waals surface area contributed by atoms with E-state index in [0.29, 0.717) is 6.42 Å². The summed E-state index contributed by atoms with van der Waals surface area (Å²) >= 11 is 0. The number of unbranched alkanes of at least 4 members (excludes halogenated alkanes) is 1. The third-order valence-electron chi connectivity index (χ3n) is 6.00. The van der Waals surface area contributed by atoms with E-state index in [-0.39, 0.29) is 5.75 Å². The Hall–Kier alpha value is 0.228. The molecule has 1 aromatic carbocycles. The molecule has 0 saturated carbocycles. The maximum Gasteiger partial charge on any atom is 0.314 e. The highest BCUT2D eigenvalue weighted by Gasteiger charge is 2.44. The lowest BCUT2D eigenvalue weighted by Gasteiger charge is -2.41. The number of benzene rings is 1. The number of hydrogen-bond donors (Lipinski definition) is 1. The van der Waals surface area contributed by atoms with Crippen LogP contribution in [0.2, 0.25) is 90.7 Å². The second-order valence-corrected chi connectivity index (χ2v) is 38.4. The average molecular weight is 671 g/mol. The van der Waals surface area contributed by atoms with E-state index < -0.39 is 66.7 Å². The van der Waals surface area contributed by atoms with Gasteiger partial charge in [-0.3, -0.25) is 0 Å². The number of phenols is 1. The first-order chi connectivity index (χ1) is 17.5. The van der Waals surface area contributed by atoms with Crippen LogP contribution in [0.15, 0.2) is 18.2 Å². The third-order valence-corrected chi connectivity index (χ3v) is 31.7. The van der Waals surface area contributed by atoms with Gasteiger partial charge in [-0.15, -0.1) is 0 Å². The van der Waals surface area contributed by atoms with Crippen LogP contribution in [-0.4, -0.2) is 66.0 Å². The number of aryl methyl sites for hydroxylation is 1. The van der Waals surface area contributed by atoms with Crippen molar-refractivity contribution in [3.8, 4) is 5.75 Å². The standard InChI is InChI=1S/C24H55FO7Si7/c1-14-15-19-34(2,3)29-36(6,7)27-33-28-37(8,9)31-39(12,13)32-38(10,11)30-35(4,5)20-18-22-16-17-24(26)23(25)21-22/h16-17,21,26H,14-15,18-20,33H2,1-13H3. The quantitative estimate of drug-likeness (QED) is 0.166. The highest BCUT2D eigenvalue weighted by Crippen LogP contribution is 2.28. The number of rotatable bonds is 18. The molecule has 0 unspecified atom stereocenters. The van der Waals surface area contributed by atoms with E-state index in [1.807, 2.05) is 0 Å². The Balaban J connectivity index is 2.64. The lowest BCUT2D eigenvalue weighted by atomic mass is 10.1. The predicted octanol–water partition coefficient (Wildman–Crippen LogP) is 7.19. The summed E-state index contributed by atoms with van der Waals surface area (Å²) in [6.45, 7) is 27.7. The van der Waals surface area contributed by atoms with Crippen molar-refractivity contribution in [3.05, 3.63) is 29.6 Å². The van der Waals surface area contributed by atoms with Crippen molar-refractivity contribution < 1.29 is 34.2 Å². The molecule has 228 valence electrons. The molecule has 7 nitrogen and oxygen atoms in total. The molecule has 0 bridgehead atoms. The van der Waals surface area contributed by atoms with Gasteiger partial charge in [-0.25, -0.2) is 4.39 Å². The summed E-state index contributed by atoms with van der Waals surface area (Å²) in [7, 11) is -14.9. The molecule has 0 fully saturated rings. The number of halogens is 1. The van der Waals surface area contributed by atoms with Gasteiger partial charge in [0.15, 0.2) is 28.2 Å². The monoisotopic (exact) mass is 670 g/mol. The van der Waals surface area contributed by atoms with Gasteiger partial charge < -0.3 is 29.8 Å². The van der Waals surface area contributed by atoms with Crippen LogP contribution in [0.5, 0.6) is 5.75 Å². The van der Waals surface area contributed by atoms with Crippen molar-refractivity contribution in [3.63, 3.8) is 0 Å². The zero-order chi connectivity index (χ0) is 30.3. The Morgan fingerprint density at radius 3 is 1.69 bits per heavy atom. The molecule has 1 aromatic rings. The van der Waals surface area contributed by atoms with Crippen LogP contribution < -0.4 is 0 Å². The molecule has 0 heterocycles. The van der Waals surface area contributed by atoms with Gasteiger partial charge in [0.25, 0.3) is 10.0 Å². The largest absolute Gasteiger partial charge is 0.505 e. The van der Waals surface area contributed by atoms with E-state index >= 15 is 0 Å². The van der Waals surface area contributed by atoms with Crippen LogP contribution in [0.1, 0.15) is 25.3 Å². The minimum atomic E-state index is -2.55. The average Bonchev–Trinajstić information content (AvgIpc) is 2.69. The molecule has 15 heteroatoms. The van der Waals surface area contributed by atoms with Crippen LogP contribution in [0.3, 0.4) is 0 Å². The van der Waals surface area contributed by atoms with Crippen molar-refractivity contribution in [2.24, 2.45) is 0 Å². The fourth-order valence-corrected chi connectivity index (χ4v) is 33.5. The smallest absolute Gasteiger partial charge is 0.314 e. The molecule has 0 radical (unpaired) electrons. The Labute approximate surface area is 246 Å². The summed E-state index contributed by atoms with van der Waals surface area (Å²) in [6, 6.07) is 6.54. The molecule has 1 rings (SSSR count). The number of phenolic OH excluding ortho intramolecular Hbond substituents is 1. The van der Waals surface area contributed by atoms with E-state index in [1.165, 1.54) is 25.0 Å². The van der Waals surface area contributed by atoms with Crippen molar-refractivity contribution >= 4 is 60.9 Å². The molecule has 0 atom stereocenters. The molecule has 1 N–H and O–H groups in total. The lowest BCUT2D eigenvalue weighted by molar-refractivity contribution is 0.289. The topological polar surface area (TPSA) is 75.6 Å². The van der Waals surface area contributed by atoms with Crippen LogP contribution in [-0.2, 0) is 31.1 Å². The van der Waals surface area contributed by atoms with Crippen LogP contribution >= 0.6 is 0 Å². The molecule has 0 aliphatic heterocycles. The first kappa shape index (κ1) is 37.3.